The molecule has 3 aromatic carbocycles. The fourth-order valence-corrected chi connectivity index (χ4v) is 2.81. The molecular weight excluding hydrogens is 338 g/mol. The van der Waals surface area contributed by atoms with Crippen molar-refractivity contribution in [2.75, 3.05) is 0 Å². The summed E-state index contributed by atoms with van der Waals surface area (Å²) in [6, 6.07) is 20.0. The van der Waals surface area contributed by atoms with Gasteiger partial charge in [-0.05, 0) is 23.4 Å². The molecule has 0 aliphatic rings. The lowest BCUT2D eigenvalue weighted by Gasteiger charge is -2.10. The van der Waals surface area contributed by atoms with Crippen molar-refractivity contribution in [3.63, 3.8) is 0 Å². The highest BCUT2D eigenvalue weighted by Gasteiger charge is 2.13. The Bertz CT molecular complexity index is 934. The fourth-order valence-electron chi connectivity index (χ4n) is 2.58. The molecule has 0 fully saturated rings. The zero-order valence-corrected chi connectivity index (χ0v) is 14.1. The number of halogens is 1. The highest BCUT2D eigenvalue weighted by atomic mass is 35.5. The number of hydrogen-bond donors (Lipinski definition) is 1. The van der Waals surface area contributed by atoms with Crippen LogP contribution in [0.1, 0.15) is 5.56 Å². The third-order valence-electron chi connectivity index (χ3n) is 3.90. The summed E-state index contributed by atoms with van der Waals surface area (Å²) < 4.78 is 0. The van der Waals surface area contributed by atoms with Gasteiger partial charge in [-0.25, -0.2) is 4.99 Å². The highest BCUT2D eigenvalue weighted by Crippen LogP contribution is 2.26. The number of amidine groups is 1. The van der Waals surface area contributed by atoms with Crippen molar-refractivity contribution in [3.05, 3.63) is 82.4 Å². The number of hydrogen-bond acceptors (Lipinski definition) is 3. The minimum Gasteiger partial charge on any atom is -0.386 e. The average Bonchev–Trinajstić information content (AvgIpc) is 2.62. The summed E-state index contributed by atoms with van der Waals surface area (Å²) >= 11 is 6.38. The lowest BCUT2D eigenvalue weighted by atomic mass is 10.1. The maximum atomic E-state index is 10.7. The van der Waals surface area contributed by atoms with Gasteiger partial charge in [0.2, 0.25) is 0 Å². The molecule has 0 heterocycles. The largest absolute Gasteiger partial charge is 0.386 e. The first-order chi connectivity index (χ1) is 12.0. The normalized spacial score (nSPS) is 12.9. The predicted molar refractivity (Wildman–Crippen MR) is 102 cm³/mol. The van der Waals surface area contributed by atoms with Gasteiger partial charge >= 0.3 is 0 Å². The Labute approximate surface area is 149 Å². The van der Waals surface area contributed by atoms with Crippen LogP contribution in [0.15, 0.2) is 71.7 Å². The average molecular weight is 354 g/mol. The van der Waals surface area contributed by atoms with Crippen LogP contribution in [0.3, 0.4) is 0 Å². The minimum atomic E-state index is -0.500. The van der Waals surface area contributed by atoms with E-state index >= 15 is 0 Å². The lowest BCUT2D eigenvalue weighted by molar-refractivity contribution is -0.384. The van der Waals surface area contributed by atoms with Gasteiger partial charge in [0.15, 0.2) is 0 Å². The van der Waals surface area contributed by atoms with Crippen molar-refractivity contribution in [2.24, 2.45) is 10.7 Å². The lowest BCUT2D eigenvalue weighted by Crippen LogP contribution is -2.25. The summed E-state index contributed by atoms with van der Waals surface area (Å²) in [7, 11) is 0. The molecule has 1 unspecified atom stereocenters. The number of nitro groups is 1. The van der Waals surface area contributed by atoms with Crippen LogP contribution in [0.25, 0.3) is 10.8 Å². The zero-order chi connectivity index (χ0) is 17.8. The van der Waals surface area contributed by atoms with E-state index in [-0.39, 0.29) is 5.69 Å². The van der Waals surface area contributed by atoms with Crippen LogP contribution in [0, 0.1) is 10.1 Å². The van der Waals surface area contributed by atoms with Crippen LogP contribution in [-0.2, 0) is 6.42 Å². The molecule has 0 aromatic heterocycles. The Balaban J connectivity index is 1.80. The first-order valence-corrected chi connectivity index (χ1v) is 8.17. The van der Waals surface area contributed by atoms with Gasteiger partial charge in [-0.15, -0.1) is 11.6 Å². The Morgan fingerprint density at radius 1 is 1.08 bits per heavy atom. The van der Waals surface area contributed by atoms with E-state index in [0.29, 0.717) is 12.3 Å². The van der Waals surface area contributed by atoms with Crippen molar-refractivity contribution in [2.45, 2.75) is 11.8 Å². The highest BCUT2D eigenvalue weighted by molar-refractivity contribution is 6.31. The molecule has 3 rings (SSSR count). The van der Waals surface area contributed by atoms with Gasteiger partial charge in [0.25, 0.3) is 5.69 Å². The van der Waals surface area contributed by atoms with Crippen LogP contribution < -0.4 is 5.73 Å². The molecule has 1 atom stereocenters. The number of nitro benzene ring substituents is 1. The molecule has 5 nitrogen and oxygen atoms in total. The third-order valence-corrected chi connectivity index (χ3v) is 4.28. The van der Waals surface area contributed by atoms with E-state index in [4.69, 9.17) is 17.3 Å². The maximum Gasteiger partial charge on any atom is 0.269 e. The SMILES string of the molecule is NC(=Nc1cccc2ccccc12)C(Cl)Cc1ccc([N+](=O)[O-])cc1. The van der Waals surface area contributed by atoms with E-state index in [2.05, 4.69) is 4.99 Å². The molecule has 0 saturated heterocycles. The van der Waals surface area contributed by atoms with E-state index in [9.17, 15) is 10.1 Å². The molecule has 6 heteroatoms. The molecule has 0 aliphatic carbocycles. The molecule has 0 saturated carbocycles. The van der Waals surface area contributed by atoms with Crippen molar-refractivity contribution < 1.29 is 4.92 Å². The smallest absolute Gasteiger partial charge is 0.269 e. The molecule has 0 aliphatic heterocycles. The summed E-state index contributed by atoms with van der Waals surface area (Å²) in [6.07, 6.45) is 0.444. The van der Waals surface area contributed by atoms with Crippen molar-refractivity contribution in [1.29, 1.82) is 0 Å². The van der Waals surface area contributed by atoms with Crippen molar-refractivity contribution >= 4 is 39.6 Å². The molecular formula is C19H16ClN3O2. The van der Waals surface area contributed by atoms with Crippen LogP contribution in [-0.4, -0.2) is 16.1 Å². The molecule has 0 spiro atoms. The molecule has 0 bridgehead atoms. The summed E-state index contributed by atoms with van der Waals surface area (Å²) in [6.45, 7) is 0. The second kappa shape index (κ2) is 7.32. The molecule has 3 aromatic rings. The van der Waals surface area contributed by atoms with Gasteiger partial charge in [-0.1, -0.05) is 48.5 Å². The van der Waals surface area contributed by atoms with Crippen LogP contribution in [0.2, 0.25) is 0 Å². The number of fused-ring (bicyclic) bond motifs is 1. The minimum absolute atomic E-state index is 0.0484. The van der Waals surface area contributed by atoms with Gasteiger partial charge in [-0.3, -0.25) is 10.1 Å². The molecule has 0 amide bonds. The van der Waals surface area contributed by atoms with E-state index < -0.39 is 10.3 Å². The maximum absolute atomic E-state index is 10.7. The Morgan fingerprint density at radius 2 is 1.76 bits per heavy atom. The summed E-state index contributed by atoms with van der Waals surface area (Å²) in [5.74, 6) is 0.316. The Hall–Kier alpha value is -2.92. The van der Waals surface area contributed by atoms with E-state index in [1.807, 2.05) is 42.5 Å². The summed E-state index contributed by atoms with van der Waals surface area (Å²) in [5.41, 5.74) is 7.76. The number of benzene rings is 3. The second-order valence-corrected chi connectivity index (χ2v) is 6.16. The van der Waals surface area contributed by atoms with Gasteiger partial charge in [-0.2, -0.15) is 0 Å². The topological polar surface area (TPSA) is 81.5 Å². The Kier molecular flexibility index (Phi) is 4.95. The first kappa shape index (κ1) is 16.9. The van der Waals surface area contributed by atoms with Crippen LogP contribution in [0.5, 0.6) is 0 Å². The molecule has 25 heavy (non-hydrogen) atoms. The van der Waals surface area contributed by atoms with Crippen LogP contribution in [0.4, 0.5) is 11.4 Å². The van der Waals surface area contributed by atoms with Gasteiger partial charge in [0.1, 0.15) is 5.84 Å². The Morgan fingerprint density at radius 3 is 2.48 bits per heavy atom. The van der Waals surface area contributed by atoms with Crippen LogP contribution >= 0.6 is 11.6 Å². The molecule has 126 valence electrons. The standard InChI is InChI=1S/C19H16ClN3O2/c20-17(12-13-8-10-15(11-9-13)23(24)25)19(21)22-18-7-3-5-14-4-1-2-6-16(14)18/h1-11,17H,12H2,(H2,21,22). The van der Waals surface area contributed by atoms with E-state index in [1.165, 1.54) is 12.1 Å². The zero-order valence-electron chi connectivity index (χ0n) is 13.3. The number of nitrogens with zero attached hydrogens (tertiary/aromatic N) is 2. The third kappa shape index (κ3) is 3.95. The van der Waals surface area contributed by atoms with Crippen molar-refractivity contribution in [1.82, 2.24) is 0 Å². The van der Waals surface area contributed by atoms with Gasteiger partial charge in [0, 0.05) is 17.5 Å². The van der Waals surface area contributed by atoms with E-state index in [0.717, 1.165) is 22.0 Å². The van der Waals surface area contributed by atoms with E-state index in [1.54, 1.807) is 12.1 Å². The number of rotatable bonds is 5. The number of alkyl halides is 1. The molecule has 2 N–H and O–H groups in total. The predicted octanol–water partition coefficient (Wildman–Crippen LogP) is 4.59. The summed E-state index contributed by atoms with van der Waals surface area (Å²) in [4.78, 5) is 14.7. The fraction of sp³-hybridized carbons (Fsp3) is 0.105. The van der Waals surface area contributed by atoms with Gasteiger partial charge < -0.3 is 5.73 Å². The number of nitrogens with two attached hydrogens (primary N) is 1. The first-order valence-electron chi connectivity index (χ1n) is 7.74. The second-order valence-electron chi connectivity index (χ2n) is 5.63. The monoisotopic (exact) mass is 353 g/mol. The number of aliphatic imine (C=N–C) groups is 1. The van der Waals surface area contributed by atoms with Crippen molar-refractivity contribution in [3.8, 4) is 0 Å². The quantitative estimate of drug-likeness (QED) is 0.239. The van der Waals surface area contributed by atoms with Gasteiger partial charge in [0.05, 0.1) is 16.0 Å². The molecule has 0 radical (unpaired) electrons. The summed E-state index contributed by atoms with van der Waals surface area (Å²) in [5, 5.41) is 12.3. The number of non-ortho nitro benzene ring substituents is 1.